The van der Waals surface area contributed by atoms with Gasteiger partial charge in [-0.2, -0.15) is 0 Å². The Kier molecular flexibility index (Phi) is 4.60. The van der Waals surface area contributed by atoms with Crippen LogP contribution in [0.25, 0.3) is 0 Å². The first-order valence-corrected chi connectivity index (χ1v) is 6.41. The van der Waals surface area contributed by atoms with Gasteiger partial charge in [0, 0.05) is 19.1 Å². The van der Waals surface area contributed by atoms with Crippen molar-refractivity contribution in [3.63, 3.8) is 0 Å². The summed E-state index contributed by atoms with van der Waals surface area (Å²) in [6.07, 6.45) is 1.35. The molecule has 0 aromatic heterocycles. The van der Waals surface area contributed by atoms with Crippen LogP contribution in [0.1, 0.15) is 41.0 Å². The van der Waals surface area contributed by atoms with E-state index in [0.29, 0.717) is 11.5 Å². The summed E-state index contributed by atoms with van der Waals surface area (Å²) in [6, 6.07) is 0.715. The van der Waals surface area contributed by atoms with Gasteiger partial charge in [0.25, 0.3) is 0 Å². The number of likely N-dealkylation sites (tertiary alicyclic amines) is 1. The number of hydrogen-bond donors (Lipinski definition) is 1. The molecule has 0 radical (unpaired) electrons. The van der Waals surface area contributed by atoms with E-state index in [4.69, 9.17) is 0 Å². The third kappa shape index (κ3) is 3.76. The van der Waals surface area contributed by atoms with Gasteiger partial charge in [0.15, 0.2) is 0 Å². The van der Waals surface area contributed by atoms with E-state index in [-0.39, 0.29) is 0 Å². The van der Waals surface area contributed by atoms with Gasteiger partial charge in [-0.15, -0.1) is 0 Å². The predicted molar refractivity (Wildman–Crippen MR) is 67.1 cm³/mol. The van der Waals surface area contributed by atoms with Crippen molar-refractivity contribution >= 4 is 0 Å². The minimum atomic E-state index is 0.527. The van der Waals surface area contributed by atoms with Crippen LogP contribution in [0.5, 0.6) is 0 Å². The molecular weight excluding hydrogens is 184 g/mol. The number of nitrogens with zero attached hydrogens (tertiary/aromatic N) is 1. The van der Waals surface area contributed by atoms with Crippen LogP contribution >= 0.6 is 0 Å². The van der Waals surface area contributed by atoms with Crippen LogP contribution in [-0.4, -0.2) is 37.1 Å². The van der Waals surface area contributed by atoms with E-state index in [1.807, 2.05) is 0 Å². The first kappa shape index (κ1) is 13.0. The Morgan fingerprint density at radius 2 is 2.00 bits per heavy atom. The van der Waals surface area contributed by atoms with Crippen LogP contribution in [0.15, 0.2) is 0 Å². The van der Waals surface area contributed by atoms with Gasteiger partial charge >= 0.3 is 0 Å². The van der Waals surface area contributed by atoms with Crippen LogP contribution < -0.4 is 5.32 Å². The maximum absolute atomic E-state index is 3.49. The molecule has 2 nitrogen and oxygen atoms in total. The second kappa shape index (κ2) is 5.31. The molecule has 90 valence electrons. The van der Waals surface area contributed by atoms with Crippen molar-refractivity contribution < 1.29 is 0 Å². The third-order valence-corrected chi connectivity index (χ3v) is 3.55. The summed E-state index contributed by atoms with van der Waals surface area (Å²) in [4.78, 5) is 2.67. The largest absolute Gasteiger partial charge is 0.315 e. The molecule has 1 saturated heterocycles. The van der Waals surface area contributed by atoms with Crippen molar-refractivity contribution in [1.82, 2.24) is 10.2 Å². The molecule has 1 aliphatic rings. The molecule has 1 unspecified atom stereocenters. The van der Waals surface area contributed by atoms with Crippen LogP contribution in [-0.2, 0) is 0 Å². The zero-order valence-electron chi connectivity index (χ0n) is 11.1. The molecular formula is C13H28N2. The van der Waals surface area contributed by atoms with Gasteiger partial charge in [-0.3, -0.25) is 4.90 Å². The molecule has 2 heteroatoms. The maximum atomic E-state index is 3.49. The van der Waals surface area contributed by atoms with Gasteiger partial charge in [0.05, 0.1) is 0 Å². The highest BCUT2D eigenvalue weighted by Gasteiger charge is 2.33. The van der Waals surface area contributed by atoms with Crippen molar-refractivity contribution in [3.8, 4) is 0 Å². The lowest BCUT2D eigenvalue weighted by Crippen LogP contribution is -2.45. The van der Waals surface area contributed by atoms with Crippen molar-refractivity contribution in [2.24, 2.45) is 11.3 Å². The summed E-state index contributed by atoms with van der Waals surface area (Å²) in [5, 5.41) is 3.49. The molecule has 0 aliphatic carbocycles. The average molecular weight is 212 g/mol. The van der Waals surface area contributed by atoms with Gasteiger partial charge < -0.3 is 5.32 Å². The monoisotopic (exact) mass is 212 g/mol. The van der Waals surface area contributed by atoms with Gasteiger partial charge in [-0.25, -0.2) is 0 Å². The molecule has 1 N–H and O–H groups in total. The molecule has 1 atom stereocenters. The first-order chi connectivity index (χ1) is 6.96. The summed E-state index contributed by atoms with van der Waals surface area (Å²) in [7, 11) is 0. The lowest BCUT2D eigenvalue weighted by molar-refractivity contribution is 0.170. The fourth-order valence-corrected chi connectivity index (χ4v) is 2.52. The highest BCUT2D eigenvalue weighted by Crippen LogP contribution is 2.31. The van der Waals surface area contributed by atoms with Crippen LogP contribution in [0.2, 0.25) is 0 Å². The Hall–Kier alpha value is -0.0800. The molecule has 1 fully saturated rings. The minimum absolute atomic E-state index is 0.527. The van der Waals surface area contributed by atoms with Crippen molar-refractivity contribution in [1.29, 1.82) is 0 Å². The van der Waals surface area contributed by atoms with E-state index in [9.17, 15) is 0 Å². The van der Waals surface area contributed by atoms with E-state index in [1.165, 1.54) is 19.5 Å². The second-order valence-electron chi connectivity index (χ2n) is 6.00. The number of hydrogen-bond acceptors (Lipinski definition) is 2. The van der Waals surface area contributed by atoms with E-state index in [1.54, 1.807) is 0 Å². The normalized spacial score (nSPS) is 23.6. The third-order valence-electron chi connectivity index (χ3n) is 3.55. The summed E-state index contributed by atoms with van der Waals surface area (Å²) in [5.74, 6) is 0.748. The van der Waals surface area contributed by atoms with Gasteiger partial charge in [-0.1, -0.05) is 34.6 Å². The topological polar surface area (TPSA) is 15.3 Å². The van der Waals surface area contributed by atoms with Crippen LogP contribution in [0, 0.1) is 11.3 Å². The van der Waals surface area contributed by atoms with Crippen LogP contribution in [0.4, 0.5) is 0 Å². The Labute approximate surface area is 95.4 Å². The number of rotatable bonds is 5. The molecule has 0 saturated carbocycles. The fraction of sp³-hybridized carbons (Fsp3) is 1.00. The summed E-state index contributed by atoms with van der Waals surface area (Å²) in [5.41, 5.74) is 0.527. The summed E-state index contributed by atoms with van der Waals surface area (Å²) in [6.45, 7) is 16.4. The molecule has 1 rings (SSSR count). The molecule has 1 aliphatic heterocycles. The van der Waals surface area contributed by atoms with E-state index in [2.05, 4.69) is 44.8 Å². The van der Waals surface area contributed by atoms with Crippen LogP contribution in [0.3, 0.4) is 0 Å². The van der Waals surface area contributed by atoms with Gasteiger partial charge in [0.1, 0.15) is 0 Å². The summed E-state index contributed by atoms with van der Waals surface area (Å²) < 4.78 is 0. The molecule has 0 aromatic carbocycles. The van der Waals surface area contributed by atoms with E-state index in [0.717, 1.165) is 19.0 Å². The fourth-order valence-electron chi connectivity index (χ4n) is 2.52. The van der Waals surface area contributed by atoms with Crippen molar-refractivity contribution in [2.45, 2.75) is 47.1 Å². The molecule has 15 heavy (non-hydrogen) atoms. The smallest absolute Gasteiger partial charge is 0.0243 e. The average Bonchev–Trinajstić information content (AvgIpc) is 2.46. The van der Waals surface area contributed by atoms with Crippen molar-refractivity contribution in [3.05, 3.63) is 0 Å². The first-order valence-electron chi connectivity index (χ1n) is 6.41. The standard InChI is InChI=1S/C13H28N2/c1-6-14-9-12(11(2)3)15-8-7-13(4,5)10-15/h11-12,14H,6-10H2,1-5H3. The van der Waals surface area contributed by atoms with E-state index >= 15 is 0 Å². The molecule has 0 spiro atoms. The highest BCUT2D eigenvalue weighted by molar-refractivity contribution is 4.88. The Morgan fingerprint density at radius 1 is 1.33 bits per heavy atom. The SMILES string of the molecule is CCNCC(C(C)C)N1CCC(C)(C)C1. The quantitative estimate of drug-likeness (QED) is 0.752. The second-order valence-corrected chi connectivity index (χ2v) is 6.00. The lowest BCUT2D eigenvalue weighted by atomic mass is 9.93. The summed E-state index contributed by atoms with van der Waals surface area (Å²) >= 11 is 0. The molecule has 0 aromatic rings. The molecule has 1 heterocycles. The van der Waals surface area contributed by atoms with Gasteiger partial charge in [0.2, 0.25) is 0 Å². The lowest BCUT2D eigenvalue weighted by Gasteiger charge is -2.32. The van der Waals surface area contributed by atoms with E-state index < -0.39 is 0 Å². The van der Waals surface area contributed by atoms with Gasteiger partial charge in [-0.05, 0) is 30.8 Å². The zero-order valence-corrected chi connectivity index (χ0v) is 11.1. The zero-order chi connectivity index (χ0) is 11.5. The number of likely N-dealkylation sites (N-methyl/N-ethyl adjacent to an activating group) is 1. The number of nitrogens with one attached hydrogen (secondary N) is 1. The highest BCUT2D eigenvalue weighted by atomic mass is 15.2. The maximum Gasteiger partial charge on any atom is 0.0243 e. The van der Waals surface area contributed by atoms with Crippen molar-refractivity contribution in [2.75, 3.05) is 26.2 Å². The molecule has 0 amide bonds. The Bertz CT molecular complexity index is 187. The predicted octanol–water partition coefficient (Wildman–Crippen LogP) is 2.35. The Morgan fingerprint density at radius 3 is 2.40 bits per heavy atom. The minimum Gasteiger partial charge on any atom is -0.315 e. The molecule has 0 bridgehead atoms. The Balaban J connectivity index is 2.50.